The Morgan fingerprint density at radius 1 is 0.182 bits per heavy atom. The smallest absolute Gasteiger partial charge is 0.161 e. The van der Waals surface area contributed by atoms with E-state index in [1.807, 2.05) is 24.3 Å². The van der Waals surface area contributed by atoms with Crippen LogP contribution in [0.1, 0.15) is 0 Å². The van der Waals surface area contributed by atoms with Crippen LogP contribution in [0, 0.1) is 0 Å². The van der Waals surface area contributed by atoms with Crippen molar-refractivity contribution < 1.29 is 0 Å². The Kier molecular flexibility index (Phi) is 9.81. The molecule has 0 spiro atoms. The quantitative estimate of drug-likeness (QED) is 0.143. The van der Waals surface area contributed by atoms with Gasteiger partial charge in [-0.1, -0.05) is 218 Å². The molecule has 0 atom stereocenters. The summed E-state index contributed by atoms with van der Waals surface area (Å²) in [6.07, 6.45) is 0. The van der Waals surface area contributed by atoms with Crippen molar-refractivity contribution in [2.75, 3.05) is 0 Å². The third kappa shape index (κ3) is 7.17. The Balaban J connectivity index is 1.11. The van der Waals surface area contributed by atoms with Gasteiger partial charge in [0.15, 0.2) is 11.6 Å². The Labute approximate surface area is 383 Å². The average molecular weight is 841 g/mol. The normalized spacial score (nSPS) is 11.3. The van der Waals surface area contributed by atoms with Gasteiger partial charge >= 0.3 is 0 Å². The van der Waals surface area contributed by atoms with Crippen LogP contribution in [0.2, 0.25) is 0 Å². The second-order valence-electron chi connectivity index (χ2n) is 16.5. The molecule has 0 N–H and O–H groups in total. The molecule has 0 saturated carbocycles. The van der Waals surface area contributed by atoms with Crippen LogP contribution in [0.4, 0.5) is 0 Å². The first-order valence-electron chi connectivity index (χ1n) is 22.3. The molecule has 12 rings (SSSR count). The van der Waals surface area contributed by atoms with E-state index >= 15 is 0 Å². The second kappa shape index (κ2) is 16.7. The zero-order valence-corrected chi connectivity index (χ0v) is 35.9. The fourth-order valence-electron chi connectivity index (χ4n) is 9.32. The molecule has 308 valence electrons. The van der Waals surface area contributed by atoms with Crippen molar-refractivity contribution in [2.45, 2.75) is 0 Å². The van der Waals surface area contributed by atoms with E-state index in [9.17, 15) is 0 Å². The summed E-state index contributed by atoms with van der Waals surface area (Å²) < 4.78 is 0. The number of hydrogen-bond donors (Lipinski definition) is 0. The summed E-state index contributed by atoms with van der Waals surface area (Å²) in [7, 11) is 0. The van der Waals surface area contributed by atoms with Gasteiger partial charge in [0.05, 0.1) is 22.8 Å². The fraction of sp³-hybridized carbons (Fsp3) is 0. The molecule has 4 nitrogen and oxygen atoms in total. The third-order valence-electron chi connectivity index (χ3n) is 12.5. The van der Waals surface area contributed by atoms with Crippen molar-refractivity contribution in [3.8, 4) is 90.1 Å². The Morgan fingerprint density at radius 2 is 0.530 bits per heavy atom. The Morgan fingerprint density at radius 3 is 1.00 bits per heavy atom. The first-order chi connectivity index (χ1) is 32.7. The van der Waals surface area contributed by atoms with E-state index in [1.54, 1.807) is 0 Å². The number of fused-ring (bicyclic) bond motifs is 6. The van der Waals surface area contributed by atoms with Gasteiger partial charge in [0.25, 0.3) is 0 Å². The lowest BCUT2D eigenvalue weighted by molar-refractivity contribution is 1.18. The maximum Gasteiger partial charge on any atom is 0.161 e. The molecule has 2 aromatic heterocycles. The SMILES string of the molecule is c1ccc(-c2cc(-c3ccccc3)nc(-c3ccc(-c4ccccc4-c4nc(-c5ccccc5)cc(-c5ccccc5)n4)c(-c4ccc5c6ccccc6c6ccccc6c5c4)c3)n2)cc1. The Bertz CT molecular complexity index is 3590. The van der Waals surface area contributed by atoms with Gasteiger partial charge in [-0.3, -0.25) is 0 Å². The molecule has 0 bridgehead atoms. The highest BCUT2D eigenvalue weighted by atomic mass is 14.9. The van der Waals surface area contributed by atoms with Crippen molar-refractivity contribution in [1.29, 1.82) is 0 Å². The van der Waals surface area contributed by atoms with E-state index in [0.717, 1.165) is 78.4 Å². The van der Waals surface area contributed by atoms with Crippen molar-refractivity contribution in [2.24, 2.45) is 0 Å². The zero-order valence-electron chi connectivity index (χ0n) is 35.9. The van der Waals surface area contributed by atoms with E-state index in [4.69, 9.17) is 19.9 Å². The number of benzene rings is 10. The lowest BCUT2D eigenvalue weighted by Crippen LogP contribution is -1.99. The Hall–Kier alpha value is -8.86. The minimum absolute atomic E-state index is 0.653. The van der Waals surface area contributed by atoms with Gasteiger partial charge in [-0.2, -0.15) is 0 Å². The molecule has 0 saturated heterocycles. The maximum atomic E-state index is 5.30. The van der Waals surface area contributed by atoms with Crippen LogP contribution in [0.25, 0.3) is 122 Å². The van der Waals surface area contributed by atoms with E-state index < -0.39 is 0 Å². The van der Waals surface area contributed by atoms with Crippen LogP contribution < -0.4 is 0 Å². The molecule has 0 aliphatic carbocycles. The average Bonchev–Trinajstić information content (AvgIpc) is 3.41. The van der Waals surface area contributed by atoms with Crippen LogP contribution in [-0.2, 0) is 0 Å². The molecule has 4 heteroatoms. The van der Waals surface area contributed by atoms with Crippen LogP contribution in [0.5, 0.6) is 0 Å². The van der Waals surface area contributed by atoms with Crippen LogP contribution >= 0.6 is 0 Å². The summed E-state index contributed by atoms with van der Waals surface area (Å²) in [6.45, 7) is 0. The summed E-state index contributed by atoms with van der Waals surface area (Å²) in [4.78, 5) is 21.2. The topological polar surface area (TPSA) is 51.6 Å². The number of nitrogens with zero attached hydrogens (tertiary/aromatic N) is 4. The van der Waals surface area contributed by atoms with E-state index in [-0.39, 0.29) is 0 Å². The predicted octanol–water partition coefficient (Wildman–Crippen LogP) is 16.1. The summed E-state index contributed by atoms with van der Waals surface area (Å²) in [5.74, 6) is 1.31. The second-order valence-corrected chi connectivity index (χ2v) is 16.5. The molecular formula is C62H40N4. The predicted molar refractivity (Wildman–Crippen MR) is 274 cm³/mol. The van der Waals surface area contributed by atoms with E-state index in [0.29, 0.717) is 11.6 Å². The van der Waals surface area contributed by atoms with Crippen molar-refractivity contribution in [3.63, 3.8) is 0 Å². The molecule has 0 aliphatic heterocycles. The van der Waals surface area contributed by atoms with Gasteiger partial charge < -0.3 is 0 Å². The van der Waals surface area contributed by atoms with Gasteiger partial charge in [0.2, 0.25) is 0 Å². The number of rotatable bonds is 8. The fourth-order valence-corrected chi connectivity index (χ4v) is 9.32. The minimum atomic E-state index is 0.653. The lowest BCUT2D eigenvalue weighted by Gasteiger charge is -2.18. The largest absolute Gasteiger partial charge is 0.228 e. The summed E-state index contributed by atoms with van der Waals surface area (Å²) in [5, 5.41) is 7.37. The molecule has 0 amide bonds. The standard InChI is InChI=1S/C62H40N4/c1-5-19-41(20-6-1)57-39-58(42-21-7-2-8-22-42)64-61(63-57)46-34-36-52(55(38-46)45-33-35-53-49-29-14-13-27-47(49)48-28-15-16-31-51(48)56(53)37-45)50-30-17-18-32-54(50)62-65-59(43-23-9-3-10-24-43)40-60(66-62)44-25-11-4-12-26-44/h1-40H. The molecule has 0 radical (unpaired) electrons. The first kappa shape index (κ1) is 38.8. The lowest BCUT2D eigenvalue weighted by atomic mass is 9.87. The van der Waals surface area contributed by atoms with Crippen LogP contribution in [0.15, 0.2) is 243 Å². The maximum absolute atomic E-state index is 5.30. The molecule has 0 aliphatic rings. The van der Waals surface area contributed by atoms with Gasteiger partial charge in [-0.05, 0) is 78.8 Å². The van der Waals surface area contributed by atoms with Crippen LogP contribution in [-0.4, -0.2) is 19.9 Å². The van der Waals surface area contributed by atoms with Gasteiger partial charge in [-0.25, -0.2) is 19.9 Å². The van der Waals surface area contributed by atoms with Crippen molar-refractivity contribution in [1.82, 2.24) is 19.9 Å². The molecule has 0 unspecified atom stereocenters. The van der Waals surface area contributed by atoms with Gasteiger partial charge in [0, 0.05) is 33.4 Å². The monoisotopic (exact) mass is 840 g/mol. The molecule has 2 heterocycles. The van der Waals surface area contributed by atoms with E-state index in [2.05, 4.69) is 218 Å². The third-order valence-corrected chi connectivity index (χ3v) is 12.5. The zero-order chi connectivity index (χ0) is 43.8. The molecule has 0 fully saturated rings. The van der Waals surface area contributed by atoms with E-state index in [1.165, 1.54) is 32.3 Å². The molecule has 66 heavy (non-hydrogen) atoms. The first-order valence-corrected chi connectivity index (χ1v) is 22.3. The number of aromatic nitrogens is 4. The molecule has 10 aromatic carbocycles. The number of hydrogen-bond acceptors (Lipinski definition) is 4. The summed E-state index contributed by atoms with van der Waals surface area (Å²) >= 11 is 0. The molecular weight excluding hydrogens is 801 g/mol. The van der Waals surface area contributed by atoms with Gasteiger partial charge in [-0.15, -0.1) is 0 Å². The minimum Gasteiger partial charge on any atom is -0.228 e. The van der Waals surface area contributed by atoms with Gasteiger partial charge in [0.1, 0.15) is 0 Å². The highest BCUT2D eigenvalue weighted by molar-refractivity contribution is 6.25. The highest BCUT2D eigenvalue weighted by Gasteiger charge is 2.20. The van der Waals surface area contributed by atoms with Crippen LogP contribution in [0.3, 0.4) is 0 Å². The highest BCUT2D eigenvalue weighted by Crippen LogP contribution is 2.43. The summed E-state index contributed by atoms with van der Waals surface area (Å²) in [6, 6.07) is 85.2. The molecule has 12 aromatic rings. The van der Waals surface area contributed by atoms with Crippen molar-refractivity contribution in [3.05, 3.63) is 243 Å². The summed E-state index contributed by atoms with van der Waals surface area (Å²) in [5.41, 5.74) is 13.7. The van der Waals surface area contributed by atoms with Crippen molar-refractivity contribution >= 4 is 32.3 Å².